The quantitative estimate of drug-likeness (QED) is 0.914. The van der Waals surface area contributed by atoms with Crippen LogP contribution in [0.5, 0.6) is 0 Å². The van der Waals surface area contributed by atoms with Crippen LogP contribution in [0.1, 0.15) is 30.0 Å². The molecule has 2 rings (SSSR count). The molecule has 0 spiro atoms. The lowest BCUT2D eigenvalue weighted by Crippen LogP contribution is -2.18. The van der Waals surface area contributed by atoms with E-state index in [1.54, 1.807) is 13.1 Å². The molecule has 4 nitrogen and oxygen atoms in total. The molecule has 0 fully saturated rings. The number of hydrogen-bond donors (Lipinski definition) is 1. The molecule has 0 aliphatic carbocycles. The summed E-state index contributed by atoms with van der Waals surface area (Å²) in [7, 11) is 1.98. The maximum atomic E-state index is 9.46. The molecule has 1 atom stereocenters. The van der Waals surface area contributed by atoms with Crippen LogP contribution in [0.15, 0.2) is 36.5 Å². The minimum atomic E-state index is -0.481. The summed E-state index contributed by atoms with van der Waals surface area (Å²) in [5.41, 5.74) is 2.86. The molecule has 0 saturated carbocycles. The van der Waals surface area contributed by atoms with Gasteiger partial charge in [0.1, 0.15) is 5.82 Å². The van der Waals surface area contributed by atoms with Gasteiger partial charge in [-0.2, -0.15) is 0 Å². The second kappa shape index (κ2) is 5.80. The summed E-state index contributed by atoms with van der Waals surface area (Å²) in [5, 5.41) is 9.46. The fraction of sp³-hybridized carbons (Fsp3) is 0.333. The number of aromatic nitrogens is 2. The first-order chi connectivity index (χ1) is 9.06. The summed E-state index contributed by atoms with van der Waals surface area (Å²) in [6.07, 6.45) is 1.23. The van der Waals surface area contributed by atoms with Crippen molar-refractivity contribution in [2.45, 2.75) is 26.5 Å². The minimum Gasteiger partial charge on any atom is -0.389 e. The highest BCUT2D eigenvalue weighted by molar-refractivity contribution is 5.39. The van der Waals surface area contributed by atoms with Gasteiger partial charge in [-0.1, -0.05) is 12.1 Å². The van der Waals surface area contributed by atoms with Crippen molar-refractivity contribution >= 4 is 5.82 Å². The van der Waals surface area contributed by atoms with Gasteiger partial charge < -0.3 is 10.0 Å². The number of rotatable bonds is 4. The van der Waals surface area contributed by atoms with E-state index in [9.17, 15) is 5.11 Å². The monoisotopic (exact) mass is 257 g/mol. The van der Waals surface area contributed by atoms with Crippen LogP contribution in [0.4, 0.5) is 5.82 Å². The molecular formula is C15H19N3O. The highest BCUT2D eigenvalue weighted by Gasteiger charge is 2.06. The van der Waals surface area contributed by atoms with E-state index in [2.05, 4.69) is 9.97 Å². The number of aliphatic hydroxyl groups excluding tert-OH is 1. The largest absolute Gasteiger partial charge is 0.389 e. The first kappa shape index (κ1) is 13.5. The van der Waals surface area contributed by atoms with E-state index < -0.39 is 6.10 Å². The van der Waals surface area contributed by atoms with E-state index in [0.717, 1.165) is 22.8 Å². The average molecular weight is 257 g/mol. The van der Waals surface area contributed by atoms with Crippen LogP contribution in [0.25, 0.3) is 0 Å². The van der Waals surface area contributed by atoms with E-state index in [-0.39, 0.29) is 0 Å². The second-order valence-corrected chi connectivity index (χ2v) is 4.75. The molecule has 0 radical (unpaired) electrons. The number of hydrogen-bond acceptors (Lipinski definition) is 4. The zero-order valence-electron chi connectivity index (χ0n) is 11.5. The van der Waals surface area contributed by atoms with Crippen molar-refractivity contribution in [3.63, 3.8) is 0 Å². The van der Waals surface area contributed by atoms with E-state index in [0.29, 0.717) is 6.54 Å². The standard InChI is InChI=1S/C15H19N3O/c1-11-5-4-6-14(17-11)10-18(3)15-8-7-13(9-16-15)12(2)19/h4-9,12,19H,10H2,1-3H3/t12-/m1/s1. The third kappa shape index (κ3) is 3.51. The van der Waals surface area contributed by atoms with Crippen molar-refractivity contribution in [2.75, 3.05) is 11.9 Å². The average Bonchev–Trinajstić information content (AvgIpc) is 2.39. The molecule has 0 unspecified atom stereocenters. The van der Waals surface area contributed by atoms with Gasteiger partial charge in [-0.3, -0.25) is 4.98 Å². The lowest BCUT2D eigenvalue weighted by molar-refractivity contribution is 0.199. The van der Waals surface area contributed by atoms with E-state index in [1.807, 2.05) is 49.2 Å². The minimum absolute atomic E-state index is 0.481. The molecule has 0 aliphatic rings. The Hall–Kier alpha value is -1.94. The molecular weight excluding hydrogens is 238 g/mol. The topological polar surface area (TPSA) is 49.2 Å². The third-order valence-electron chi connectivity index (χ3n) is 2.99. The Kier molecular flexibility index (Phi) is 4.12. The van der Waals surface area contributed by atoms with Crippen LogP contribution in [0, 0.1) is 6.92 Å². The summed E-state index contributed by atoms with van der Waals surface area (Å²) in [6, 6.07) is 9.81. The van der Waals surface area contributed by atoms with Crippen LogP contribution in [-0.2, 0) is 6.54 Å². The summed E-state index contributed by atoms with van der Waals surface area (Å²) < 4.78 is 0. The van der Waals surface area contributed by atoms with Gasteiger partial charge in [0.05, 0.1) is 18.3 Å². The maximum absolute atomic E-state index is 9.46. The first-order valence-electron chi connectivity index (χ1n) is 6.34. The predicted molar refractivity (Wildman–Crippen MR) is 76.0 cm³/mol. The molecule has 4 heteroatoms. The van der Waals surface area contributed by atoms with Crippen molar-refractivity contribution in [1.82, 2.24) is 9.97 Å². The normalized spacial score (nSPS) is 12.2. The van der Waals surface area contributed by atoms with Gasteiger partial charge in [-0.15, -0.1) is 0 Å². The highest BCUT2D eigenvalue weighted by atomic mass is 16.3. The van der Waals surface area contributed by atoms with Gasteiger partial charge in [0.2, 0.25) is 0 Å². The molecule has 0 amide bonds. The van der Waals surface area contributed by atoms with Crippen molar-refractivity contribution < 1.29 is 5.11 Å². The fourth-order valence-electron chi connectivity index (χ4n) is 1.88. The summed E-state index contributed by atoms with van der Waals surface area (Å²) in [6.45, 7) is 4.43. The van der Waals surface area contributed by atoms with Crippen LogP contribution in [0.3, 0.4) is 0 Å². The molecule has 0 aromatic carbocycles. The number of aryl methyl sites for hydroxylation is 1. The number of anilines is 1. The zero-order valence-corrected chi connectivity index (χ0v) is 11.5. The Labute approximate surface area is 113 Å². The van der Waals surface area contributed by atoms with Crippen LogP contribution >= 0.6 is 0 Å². The lowest BCUT2D eigenvalue weighted by Gasteiger charge is -2.18. The van der Waals surface area contributed by atoms with Gasteiger partial charge in [0, 0.05) is 18.9 Å². The molecule has 100 valence electrons. The first-order valence-corrected chi connectivity index (χ1v) is 6.34. The number of pyridine rings is 2. The Bertz CT molecular complexity index is 537. The van der Waals surface area contributed by atoms with Gasteiger partial charge >= 0.3 is 0 Å². The summed E-state index contributed by atoms with van der Waals surface area (Å²) in [4.78, 5) is 10.9. The smallest absolute Gasteiger partial charge is 0.128 e. The summed E-state index contributed by atoms with van der Waals surface area (Å²) in [5.74, 6) is 0.868. The Morgan fingerprint density at radius 3 is 2.63 bits per heavy atom. The van der Waals surface area contributed by atoms with E-state index in [1.165, 1.54) is 0 Å². The van der Waals surface area contributed by atoms with Crippen molar-refractivity contribution in [3.05, 3.63) is 53.5 Å². The predicted octanol–water partition coefficient (Wildman–Crippen LogP) is 2.47. The Balaban J connectivity index is 2.09. The molecule has 2 aromatic heterocycles. The van der Waals surface area contributed by atoms with Crippen molar-refractivity contribution in [1.29, 1.82) is 0 Å². The Morgan fingerprint density at radius 2 is 2.05 bits per heavy atom. The van der Waals surface area contributed by atoms with Gasteiger partial charge in [0.25, 0.3) is 0 Å². The Morgan fingerprint density at radius 1 is 1.26 bits per heavy atom. The highest BCUT2D eigenvalue weighted by Crippen LogP contribution is 2.16. The third-order valence-corrected chi connectivity index (χ3v) is 2.99. The number of aliphatic hydroxyl groups is 1. The molecule has 0 aliphatic heterocycles. The van der Waals surface area contributed by atoms with E-state index in [4.69, 9.17) is 0 Å². The summed E-state index contributed by atoms with van der Waals surface area (Å²) >= 11 is 0. The van der Waals surface area contributed by atoms with E-state index >= 15 is 0 Å². The zero-order chi connectivity index (χ0) is 13.8. The lowest BCUT2D eigenvalue weighted by atomic mass is 10.2. The van der Waals surface area contributed by atoms with Gasteiger partial charge in [-0.05, 0) is 37.6 Å². The molecule has 2 aromatic rings. The van der Waals surface area contributed by atoms with Crippen LogP contribution in [0.2, 0.25) is 0 Å². The van der Waals surface area contributed by atoms with Crippen molar-refractivity contribution in [2.24, 2.45) is 0 Å². The van der Waals surface area contributed by atoms with Gasteiger partial charge in [0.15, 0.2) is 0 Å². The molecule has 2 heterocycles. The van der Waals surface area contributed by atoms with Gasteiger partial charge in [-0.25, -0.2) is 4.98 Å². The molecule has 1 N–H and O–H groups in total. The maximum Gasteiger partial charge on any atom is 0.128 e. The molecule has 0 saturated heterocycles. The van der Waals surface area contributed by atoms with Crippen LogP contribution in [-0.4, -0.2) is 22.1 Å². The molecule has 0 bridgehead atoms. The fourth-order valence-corrected chi connectivity index (χ4v) is 1.88. The second-order valence-electron chi connectivity index (χ2n) is 4.75. The van der Waals surface area contributed by atoms with Crippen LogP contribution < -0.4 is 4.90 Å². The SMILES string of the molecule is Cc1cccc(CN(C)c2ccc([C@@H](C)O)cn2)n1. The number of nitrogens with zero attached hydrogens (tertiary/aromatic N) is 3. The van der Waals surface area contributed by atoms with Crippen molar-refractivity contribution in [3.8, 4) is 0 Å². The molecule has 19 heavy (non-hydrogen) atoms.